The van der Waals surface area contributed by atoms with Crippen LogP contribution in [0.5, 0.6) is 0 Å². The third kappa shape index (κ3) is 3.86. The van der Waals surface area contributed by atoms with Crippen LogP contribution in [-0.4, -0.2) is 34.9 Å². The molecule has 0 bridgehead atoms. The van der Waals surface area contributed by atoms with E-state index in [0.717, 1.165) is 6.42 Å². The summed E-state index contributed by atoms with van der Waals surface area (Å²) in [5.41, 5.74) is 0.528. The van der Waals surface area contributed by atoms with Gasteiger partial charge in [0.15, 0.2) is 5.78 Å². The minimum absolute atomic E-state index is 0.0515. The zero-order valence-electron chi connectivity index (χ0n) is 10.0. The van der Waals surface area contributed by atoms with E-state index in [4.69, 9.17) is 5.11 Å². The summed E-state index contributed by atoms with van der Waals surface area (Å²) in [7, 11) is 0. The Labute approximate surface area is 100 Å². The van der Waals surface area contributed by atoms with E-state index in [0.29, 0.717) is 17.9 Å². The molecule has 0 aromatic carbocycles. The van der Waals surface area contributed by atoms with Gasteiger partial charge in [0.1, 0.15) is 12.4 Å². The lowest BCUT2D eigenvalue weighted by Crippen LogP contribution is -2.31. The van der Waals surface area contributed by atoms with Gasteiger partial charge in [0, 0.05) is 18.3 Å². The van der Waals surface area contributed by atoms with E-state index in [1.165, 1.54) is 13.1 Å². The molecule has 0 spiro atoms. The van der Waals surface area contributed by atoms with Crippen LogP contribution in [0.25, 0.3) is 0 Å². The molecule has 5 nitrogen and oxygen atoms in total. The van der Waals surface area contributed by atoms with Gasteiger partial charge < -0.3 is 10.0 Å². The molecule has 1 heterocycles. The molecule has 0 aliphatic carbocycles. The van der Waals surface area contributed by atoms with Gasteiger partial charge in [-0.25, -0.2) is 4.98 Å². The summed E-state index contributed by atoms with van der Waals surface area (Å²) in [4.78, 5) is 27.6. The molecule has 0 aliphatic rings. The van der Waals surface area contributed by atoms with Gasteiger partial charge in [-0.15, -0.1) is 0 Å². The number of Topliss-reactive ketones (excluding diaryl/α,β-unsaturated/α-hetero) is 1. The SMILES string of the molecule is CCCN(CC(=O)O)c1ccc(C(C)=O)cn1. The van der Waals surface area contributed by atoms with E-state index in [-0.39, 0.29) is 12.3 Å². The number of ketones is 1. The second kappa shape index (κ2) is 5.98. The molecule has 0 atom stereocenters. The molecule has 0 saturated carbocycles. The topological polar surface area (TPSA) is 70.5 Å². The highest BCUT2D eigenvalue weighted by molar-refractivity contribution is 5.93. The molecule has 1 N–H and O–H groups in total. The number of carbonyl (C=O) groups is 2. The molecule has 0 amide bonds. The number of aliphatic carboxylic acids is 1. The van der Waals surface area contributed by atoms with Crippen molar-refractivity contribution >= 4 is 17.6 Å². The highest BCUT2D eigenvalue weighted by Gasteiger charge is 2.11. The van der Waals surface area contributed by atoms with Crippen LogP contribution in [0.4, 0.5) is 5.82 Å². The summed E-state index contributed by atoms with van der Waals surface area (Å²) in [5.74, 6) is -0.362. The Bertz CT molecular complexity index is 401. The molecular weight excluding hydrogens is 220 g/mol. The lowest BCUT2D eigenvalue weighted by atomic mass is 10.2. The summed E-state index contributed by atoms with van der Waals surface area (Å²) in [6.45, 7) is 3.98. The normalized spacial score (nSPS) is 10.0. The Morgan fingerprint density at radius 1 is 1.41 bits per heavy atom. The fourth-order valence-corrected chi connectivity index (χ4v) is 1.49. The van der Waals surface area contributed by atoms with Crippen molar-refractivity contribution in [1.82, 2.24) is 4.98 Å². The van der Waals surface area contributed by atoms with Crippen molar-refractivity contribution in [2.24, 2.45) is 0 Å². The average Bonchev–Trinajstić information content (AvgIpc) is 2.28. The quantitative estimate of drug-likeness (QED) is 0.759. The lowest BCUT2D eigenvalue weighted by molar-refractivity contribution is -0.135. The molecule has 92 valence electrons. The number of aromatic nitrogens is 1. The van der Waals surface area contributed by atoms with E-state index in [1.54, 1.807) is 17.0 Å². The van der Waals surface area contributed by atoms with Crippen LogP contribution >= 0.6 is 0 Å². The molecule has 0 aliphatic heterocycles. The van der Waals surface area contributed by atoms with E-state index >= 15 is 0 Å². The number of hydrogen-bond acceptors (Lipinski definition) is 4. The third-order valence-electron chi connectivity index (χ3n) is 2.30. The fourth-order valence-electron chi connectivity index (χ4n) is 1.49. The smallest absolute Gasteiger partial charge is 0.323 e. The zero-order chi connectivity index (χ0) is 12.8. The van der Waals surface area contributed by atoms with E-state index < -0.39 is 5.97 Å². The average molecular weight is 236 g/mol. The Hall–Kier alpha value is -1.91. The highest BCUT2D eigenvalue weighted by Crippen LogP contribution is 2.12. The number of pyridine rings is 1. The van der Waals surface area contributed by atoms with Crippen molar-refractivity contribution in [3.8, 4) is 0 Å². The van der Waals surface area contributed by atoms with Gasteiger partial charge >= 0.3 is 5.97 Å². The maximum atomic E-state index is 11.1. The van der Waals surface area contributed by atoms with Crippen molar-refractivity contribution in [2.75, 3.05) is 18.0 Å². The number of nitrogens with zero attached hydrogens (tertiary/aromatic N) is 2. The minimum atomic E-state index is -0.893. The first-order chi connectivity index (χ1) is 8.04. The van der Waals surface area contributed by atoms with Crippen molar-refractivity contribution in [3.05, 3.63) is 23.9 Å². The largest absolute Gasteiger partial charge is 0.480 e. The first kappa shape index (κ1) is 13.2. The van der Waals surface area contributed by atoms with Gasteiger partial charge in [-0.1, -0.05) is 6.92 Å². The van der Waals surface area contributed by atoms with Gasteiger partial charge in [-0.05, 0) is 25.5 Å². The van der Waals surface area contributed by atoms with Crippen LogP contribution in [0.15, 0.2) is 18.3 Å². The Balaban J connectivity index is 2.86. The van der Waals surface area contributed by atoms with Crippen LogP contribution in [0.1, 0.15) is 30.6 Å². The molecular formula is C12H16N2O3. The van der Waals surface area contributed by atoms with Crippen LogP contribution in [-0.2, 0) is 4.79 Å². The predicted molar refractivity (Wildman–Crippen MR) is 64.4 cm³/mol. The summed E-state index contributed by atoms with van der Waals surface area (Å²) < 4.78 is 0. The molecule has 1 rings (SSSR count). The molecule has 1 aromatic heterocycles. The highest BCUT2D eigenvalue weighted by atomic mass is 16.4. The number of hydrogen-bond donors (Lipinski definition) is 1. The van der Waals surface area contributed by atoms with Gasteiger partial charge in [0.25, 0.3) is 0 Å². The molecule has 5 heteroatoms. The Kier molecular flexibility index (Phi) is 4.63. The Morgan fingerprint density at radius 2 is 2.12 bits per heavy atom. The third-order valence-corrected chi connectivity index (χ3v) is 2.30. The standard InChI is InChI=1S/C12H16N2O3/c1-3-6-14(8-12(16)17)11-5-4-10(7-13-11)9(2)15/h4-5,7H,3,6,8H2,1-2H3,(H,16,17). The molecule has 1 aromatic rings. The summed E-state index contributed by atoms with van der Waals surface area (Å²) >= 11 is 0. The van der Waals surface area contributed by atoms with E-state index in [9.17, 15) is 9.59 Å². The van der Waals surface area contributed by atoms with Crippen LogP contribution in [0.3, 0.4) is 0 Å². The molecule has 0 radical (unpaired) electrons. The Morgan fingerprint density at radius 3 is 2.53 bits per heavy atom. The first-order valence-corrected chi connectivity index (χ1v) is 5.48. The molecule has 17 heavy (non-hydrogen) atoms. The van der Waals surface area contributed by atoms with Crippen molar-refractivity contribution < 1.29 is 14.7 Å². The maximum absolute atomic E-state index is 11.1. The second-order valence-corrected chi connectivity index (χ2v) is 3.78. The van der Waals surface area contributed by atoms with Crippen molar-refractivity contribution in [1.29, 1.82) is 0 Å². The number of anilines is 1. The van der Waals surface area contributed by atoms with E-state index in [1.807, 2.05) is 6.92 Å². The number of carboxylic acids is 1. The molecule has 0 saturated heterocycles. The first-order valence-electron chi connectivity index (χ1n) is 5.48. The van der Waals surface area contributed by atoms with Gasteiger partial charge in [-0.2, -0.15) is 0 Å². The number of rotatable bonds is 6. The van der Waals surface area contributed by atoms with Crippen molar-refractivity contribution in [3.63, 3.8) is 0 Å². The monoisotopic (exact) mass is 236 g/mol. The van der Waals surface area contributed by atoms with Gasteiger partial charge in [0.2, 0.25) is 0 Å². The zero-order valence-corrected chi connectivity index (χ0v) is 10.0. The summed E-state index contributed by atoms with van der Waals surface area (Å²) in [6.07, 6.45) is 2.31. The van der Waals surface area contributed by atoms with Crippen LogP contribution in [0.2, 0.25) is 0 Å². The minimum Gasteiger partial charge on any atom is -0.480 e. The fraction of sp³-hybridized carbons (Fsp3) is 0.417. The number of carbonyl (C=O) groups excluding carboxylic acids is 1. The van der Waals surface area contributed by atoms with E-state index in [2.05, 4.69) is 4.98 Å². The predicted octanol–water partition coefficient (Wildman–Crippen LogP) is 1.59. The lowest BCUT2D eigenvalue weighted by Gasteiger charge is -2.20. The maximum Gasteiger partial charge on any atom is 0.323 e. The van der Waals surface area contributed by atoms with Gasteiger partial charge in [0.05, 0.1) is 0 Å². The second-order valence-electron chi connectivity index (χ2n) is 3.78. The molecule has 0 fully saturated rings. The van der Waals surface area contributed by atoms with Gasteiger partial charge in [-0.3, -0.25) is 9.59 Å². The molecule has 0 unspecified atom stereocenters. The number of carboxylic acid groups (broad SMARTS) is 1. The van der Waals surface area contributed by atoms with Crippen LogP contribution < -0.4 is 4.90 Å². The van der Waals surface area contributed by atoms with Crippen LogP contribution in [0, 0.1) is 0 Å². The summed E-state index contributed by atoms with van der Waals surface area (Å²) in [5, 5.41) is 8.79. The van der Waals surface area contributed by atoms with Crippen molar-refractivity contribution in [2.45, 2.75) is 20.3 Å². The summed E-state index contributed by atoms with van der Waals surface area (Å²) in [6, 6.07) is 3.34.